The lowest BCUT2D eigenvalue weighted by Gasteiger charge is -2.09. The van der Waals surface area contributed by atoms with E-state index in [1.165, 1.54) is 0 Å². The Labute approximate surface area is 117 Å². The van der Waals surface area contributed by atoms with Gasteiger partial charge in [-0.3, -0.25) is 4.79 Å². The van der Waals surface area contributed by atoms with Crippen LogP contribution in [0.3, 0.4) is 0 Å². The first-order valence-electron chi connectivity index (χ1n) is 6.44. The molecule has 20 heavy (non-hydrogen) atoms. The van der Waals surface area contributed by atoms with E-state index < -0.39 is 0 Å². The highest BCUT2D eigenvalue weighted by molar-refractivity contribution is 6.05. The summed E-state index contributed by atoms with van der Waals surface area (Å²) in [5.41, 5.74) is 4.55. The fourth-order valence-electron chi connectivity index (χ4n) is 2.13. The Morgan fingerprint density at radius 1 is 1.20 bits per heavy atom. The fourth-order valence-corrected chi connectivity index (χ4v) is 2.13. The molecule has 0 bridgehead atoms. The lowest BCUT2D eigenvalue weighted by molar-refractivity contribution is 0.102. The van der Waals surface area contributed by atoms with Crippen molar-refractivity contribution in [2.75, 3.05) is 5.32 Å². The second kappa shape index (κ2) is 4.81. The van der Waals surface area contributed by atoms with Crippen molar-refractivity contribution in [1.82, 2.24) is 9.38 Å². The van der Waals surface area contributed by atoms with Crippen LogP contribution in [0.25, 0.3) is 5.52 Å². The molecule has 4 nitrogen and oxygen atoms in total. The first kappa shape index (κ1) is 12.4. The minimum Gasteiger partial charge on any atom is -0.322 e. The molecule has 0 fully saturated rings. The number of fused-ring (bicyclic) bond motifs is 1. The Hall–Kier alpha value is -2.62. The summed E-state index contributed by atoms with van der Waals surface area (Å²) in [6.07, 6.45) is 5.27. The molecule has 1 amide bonds. The van der Waals surface area contributed by atoms with E-state index >= 15 is 0 Å². The van der Waals surface area contributed by atoms with Crippen LogP contribution in [0, 0.1) is 13.8 Å². The molecule has 4 heteroatoms. The van der Waals surface area contributed by atoms with Crippen LogP contribution in [-0.4, -0.2) is 15.3 Å². The summed E-state index contributed by atoms with van der Waals surface area (Å²) in [7, 11) is 0. The minimum absolute atomic E-state index is 0.109. The van der Waals surface area contributed by atoms with Crippen molar-refractivity contribution >= 4 is 17.1 Å². The summed E-state index contributed by atoms with van der Waals surface area (Å²) in [4.78, 5) is 16.3. The quantitative estimate of drug-likeness (QED) is 0.773. The predicted octanol–water partition coefficient (Wildman–Crippen LogP) is 3.20. The van der Waals surface area contributed by atoms with Crippen LogP contribution < -0.4 is 5.32 Å². The number of hydrogen-bond donors (Lipinski definition) is 1. The molecule has 0 aliphatic heterocycles. The van der Waals surface area contributed by atoms with E-state index in [9.17, 15) is 4.79 Å². The van der Waals surface area contributed by atoms with E-state index in [4.69, 9.17) is 0 Å². The Kier molecular flexibility index (Phi) is 2.99. The maximum absolute atomic E-state index is 12.3. The van der Waals surface area contributed by atoms with Crippen LogP contribution >= 0.6 is 0 Å². The SMILES string of the molecule is Cc1ccc(C)c(NC(=O)c2ccn3cncc3c2)c1. The third-order valence-corrected chi connectivity index (χ3v) is 3.32. The molecule has 0 radical (unpaired) electrons. The standard InChI is InChI=1S/C16H15N3O/c1-11-3-4-12(2)15(7-11)18-16(20)13-5-6-19-10-17-9-14(19)8-13/h3-10H,1-2H3,(H,18,20). The number of nitrogens with one attached hydrogen (secondary N) is 1. The van der Waals surface area contributed by atoms with Crippen molar-refractivity contribution in [1.29, 1.82) is 0 Å². The number of aromatic nitrogens is 2. The van der Waals surface area contributed by atoms with Crippen molar-refractivity contribution in [3.8, 4) is 0 Å². The second-order valence-corrected chi connectivity index (χ2v) is 4.91. The highest BCUT2D eigenvalue weighted by Crippen LogP contribution is 2.17. The van der Waals surface area contributed by atoms with Gasteiger partial charge in [-0.05, 0) is 43.2 Å². The van der Waals surface area contributed by atoms with Gasteiger partial charge >= 0.3 is 0 Å². The molecule has 0 spiro atoms. The number of imidazole rings is 1. The number of benzene rings is 1. The average Bonchev–Trinajstić information content (AvgIpc) is 2.90. The third-order valence-electron chi connectivity index (χ3n) is 3.32. The van der Waals surface area contributed by atoms with Crippen LogP contribution in [-0.2, 0) is 0 Å². The highest BCUT2D eigenvalue weighted by atomic mass is 16.1. The summed E-state index contributed by atoms with van der Waals surface area (Å²) >= 11 is 0. The largest absolute Gasteiger partial charge is 0.322 e. The van der Waals surface area contributed by atoms with Crippen molar-refractivity contribution in [3.05, 3.63) is 65.7 Å². The molecule has 1 N–H and O–H groups in total. The van der Waals surface area contributed by atoms with Gasteiger partial charge in [-0.25, -0.2) is 4.98 Å². The maximum Gasteiger partial charge on any atom is 0.255 e. The normalized spacial score (nSPS) is 10.7. The van der Waals surface area contributed by atoms with E-state index in [2.05, 4.69) is 10.3 Å². The van der Waals surface area contributed by atoms with Crippen LogP contribution in [0.5, 0.6) is 0 Å². The minimum atomic E-state index is -0.109. The predicted molar refractivity (Wildman–Crippen MR) is 79.1 cm³/mol. The van der Waals surface area contributed by atoms with E-state index in [-0.39, 0.29) is 5.91 Å². The van der Waals surface area contributed by atoms with Crippen molar-refractivity contribution in [2.24, 2.45) is 0 Å². The lowest BCUT2D eigenvalue weighted by atomic mass is 10.1. The molecule has 1 aromatic carbocycles. The topological polar surface area (TPSA) is 46.4 Å². The van der Waals surface area contributed by atoms with E-state index in [0.29, 0.717) is 5.56 Å². The first-order valence-corrected chi connectivity index (χ1v) is 6.44. The van der Waals surface area contributed by atoms with Gasteiger partial charge < -0.3 is 9.72 Å². The van der Waals surface area contributed by atoms with E-state index in [1.54, 1.807) is 18.6 Å². The van der Waals surface area contributed by atoms with Crippen LogP contribution in [0.2, 0.25) is 0 Å². The summed E-state index contributed by atoms with van der Waals surface area (Å²) < 4.78 is 1.87. The van der Waals surface area contributed by atoms with E-state index in [0.717, 1.165) is 22.3 Å². The Bertz CT molecular complexity index is 789. The monoisotopic (exact) mass is 265 g/mol. The Balaban J connectivity index is 1.90. The van der Waals surface area contributed by atoms with E-state index in [1.807, 2.05) is 48.7 Å². The summed E-state index contributed by atoms with van der Waals surface area (Å²) in [5.74, 6) is -0.109. The van der Waals surface area contributed by atoms with Gasteiger partial charge in [0.25, 0.3) is 5.91 Å². The number of nitrogens with zero attached hydrogens (tertiary/aromatic N) is 2. The zero-order chi connectivity index (χ0) is 14.1. The van der Waals surface area contributed by atoms with Crippen LogP contribution in [0.1, 0.15) is 21.5 Å². The molecular weight excluding hydrogens is 250 g/mol. The van der Waals surface area contributed by atoms with Gasteiger partial charge in [-0.1, -0.05) is 12.1 Å². The molecule has 100 valence electrons. The first-order chi connectivity index (χ1) is 9.63. The number of carbonyl (C=O) groups is 1. The molecule has 2 aromatic heterocycles. The average molecular weight is 265 g/mol. The van der Waals surface area contributed by atoms with Gasteiger partial charge in [-0.2, -0.15) is 0 Å². The summed E-state index contributed by atoms with van der Waals surface area (Å²) in [6.45, 7) is 3.99. The van der Waals surface area contributed by atoms with Gasteiger partial charge in [-0.15, -0.1) is 0 Å². The molecule has 0 saturated heterocycles. The zero-order valence-electron chi connectivity index (χ0n) is 11.4. The maximum atomic E-state index is 12.3. The molecule has 0 aliphatic rings. The molecule has 0 unspecified atom stereocenters. The molecule has 0 aliphatic carbocycles. The van der Waals surface area contributed by atoms with Crippen LogP contribution in [0.15, 0.2) is 49.1 Å². The number of pyridine rings is 1. The van der Waals surface area contributed by atoms with Gasteiger partial charge in [0.05, 0.1) is 18.0 Å². The number of anilines is 1. The second-order valence-electron chi connectivity index (χ2n) is 4.91. The Morgan fingerprint density at radius 3 is 2.90 bits per heavy atom. The van der Waals surface area contributed by atoms with Crippen molar-refractivity contribution in [2.45, 2.75) is 13.8 Å². The number of carbonyl (C=O) groups excluding carboxylic acids is 1. The van der Waals surface area contributed by atoms with Crippen molar-refractivity contribution in [3.63, 3.8) is 0 Å². The number of hydrogen-bond acceptors (Lipinski definition) is 2. The smallest absolute Gasteiger partial charge is 0.255 e. The number of amides is 1. The number of rotatable bonds is 2. The van der Waals surface area contributed by atoms with Crippen molar-refractivity contribution < 1.29 is 4.79 Å². The van der Waals surface area contributed by atoms with Crippen LogP contribution in [0.4, 0.5) is 5.69 Å². The van der Waals surface area contributed by atoms with Gasteiger partial charge in [0, 0.05) is 17.4 Å². The zero-order valence-corrected chi connectivity index (χ0v) is 11.4. The number of aryl methyl sites for hydroxylation is 2. The lowest BCUT2D eigenvalue weighted by Crippen LogP contribution is -2.13. The van der Waals surface area contributed by atoms with Gasteiger partial charge in [0.15, 0.2) is 0 Å². The van der Waals surface area contributed by atoms with Gasteiger partial charge in [0.1, 0.15) is 0 Å². The molecule has 0 saturated carbocycles. The summed E-state index contributed by atoms with van der Waals surface area (Å²) in [6, 6.07) is 9.63. The third kappa shape index (κ3) is 2.28. The molecule has 3 rings (SSSR count). The highest BCUT2D eigenvalue weighted by Gasteiger charge is 2.08. The van der Waals surface area contributed by atoms with Gasteiger partial charge in [0.2, 0.25) is 0 Å². The molecule has 3 aromatic rings. The molecular formula is C16H15N3O. The Morgan fingerprint density at radius 2 is 2.05 bits per heavy atom. The molecule has 2 heterocycles. The summed E-state index contributed by atoms with van der Waals surface area (Å²) in [5, 5.41) is 2.96. The fraction of sp³-hybridized carbons (Fsp3) is 0.125. The molecule has 0 atom stereocenters.